The van der Waals surface area contributed by atoms with Crippen molar-refractivity contribution in [3.8, 4) is 0 Å². The summed E-state index contributed by atoms with van der Waals surface area (Å²) in [4.78, 5) is 2.04. The highest BCUT2D eigenvalue weighted by atomic mass is 16.3. The second kappa shape index (κ2) is 4.23. The molecular formula is C13H21NO. The lowest BCUT2D eigenvalue weighted by Gasteiger charge is -2.29. The van der Waals surface area contributed by atoms with E-state index in [1.165, 1.54) is 0 Å². The van der Waals surface area contributed by atoms with E-state index in [-0.39, 0.29) is 5.92 Å². The van der Waals surface area contributed by atoms with Gasteiger partial charge in [0.1, 0.15) is 0 Å². The molecule has 15 heavy (non-hydrogen) atoms. The molecule has 2 heteroatoms. The third-order valence-electron chi connectivity index (χ3n) is 3.07. The summed E-state index contributed by atoms with van der Waals surface area (Å²) in [5.41, 5.74) is 1.34. The molecule has 2 nitrogen and oxygen atoms in total. The van der Waals surface area contributed by atoms with Crippen molar-refractivity contribution in [3.63, 3.8) is 0 Å². The molecule has 1 unspecified atom stereocenters. The summed E-state index contributed by atoms with van der Waals surface area (Å²) in [7, 11) is 4.01. The Bertz CT molecular complexity index is 329. The minimum atomic E-state index is -0.758. The molecule has 0 spiro atoms. The van der Waals surface area contributed by atoms with E-state index in [4.69, 9.17) is 0 Å². The van der Waals surface area contributed by atoms with E-state index < -0.39 is 5.60 Å². The first-order chi connectivity index (χ1) is 6.85. The fraction of sp³-hybridized carbons (Fsp3) is 0.538. The summed E-state index contributed by atoms with van der Waals surface area (Å²) in [6.45, 7) is 5.93. The minimum absolute atomic E-state index is 0.204. The van der Waals surface area contributed by atoms with Crippen molar-refractivity contribution in [1.29, 1.82) is 0 Å². The second-order valence-electron chi connectivity index (χ2n) is 4.75. The van der Waals surface area contributed by atoms with Gasteiger partial charge >= 0.3 is 0 Å². The quantitative estimate of drug-likeness (QED) is 0.823. The van der Waals surface area contributed by atoms with E-state index in [0.29, 0.717) is 0 Å². The molecule has 1 aromatic carbocycles. The maximum absolute atomic E-state index is 10.4. The monoisotopic (exact) mass is 207 g/mol. The third-order valence-corrected chi connectivity index (χ3v) is 3.07. The molecule has 0 aliphatic carbocycles. The normalized spacial score (nSPS) is 15.1. The summed E-state index contributed by atoms with van der Waals surface area (Å²) < 4.78 is 0. The van der Waals surface area contributed by atoms with Gasteiger partial charge in [0.05, 0.1) is 5.60 Å². The zero-order chi connectivity index (χ0) is 11.6. The van der Waals surface area contributed by atoms with Crippen molar-refractivity contribution in [2.45, 2.75) is 26.4 Å². The molecule has 0 radical (unpaired) electrons. The lowest BCUT2D eigenvalue weighted by Crippen LogP contribution is -2.28. The Balaban J connectivity index is 3.10. The van der Waals surface area contributed by atoms with Gasteiger partial charge in [0.25, 0.3) is 0 Å². The van der Waals surface area contributed by atoms with Crippen LogP contribution in [0.2, 0.25) is 0 Å². The third kappa shape index (κ3) is 2.51. The van der Waals surface area contributed by atoms with Crippen molar-refractivity contribution in [1.82, 2.24) is 0 Å². The van der Waals surface area contributed by atoms with Crippen LogP contribution in [-0.4, -0.2) is 19.2 Å². The average Bonchev–Trinajstić information content (AvgIpc) is 2.17. The maximum atomic E-state index is 10.4. The standard InChI is InChI=1S/C13H21NO/c1-10(2)13(3,15)11-7-6-8-12(9-11)14(4)5/h6-10,15H,1-5H3. The van der Waals surface area contributed by atoms with Gasteiger partial charge in [-0.25, -0.2) is 0 Å². The van der Waals surface area contributed by atoms with Crippen molar-refractivity contribution >= 4 is 5.69 Å². The number of hydrogen-bond donors (Lipinski definition) is 1. The summed E-state index contributed by atoms with van der Waals surface area (Å²) in [6, 6.07) is 8.05. The van der Waals surface area contributed by atoms with Gasteiger partial charge in [-0.15, -0.1) is 0 Å². The highest BCUT2D eigenvalue weighted by Gasteiger charge is 2.27. The van der Waals surface area contributed by atoms with Gasteiger partial charge in [-0.3, -0.25) is 0 Å². The number of anilines is 1. The Hall–Kier alpha value is -1.02. The molecule has 1 aromatic rings. The summed E-state index contributed by atoms with van der Waals surface area (Å²) in [6.07, 6.45) is 0. The van der Waals surface area contributed by atoms with E-state index in [1.807, 2.05) is 64.0 Å². The Kier molecular flexibility index (Phi) is 3.40. The molecule has 0 bridgehead atoms. The lowest BCUT2D eigenvalue weighted by atomic mass is 9.85. The van der Waals surface area contributed by atoms with E-state index in [0.717, 1.165) is 11.3 Å². The topological polar surface area (TPSA) is 23.5 Å². The number of aliphatic hydroxyl groups is 1. The molecular weight excluding hydrogens is 186 g/mol. The van der Waals surface area contributed by atoms with Crippen LogP contribution in [0.15, 0.2) is 24.3 Å². The molecule has 0 heterocycles. The molecule has 0 saturated carbocycles. The van der Waals surface area contributed by atoms with Crippen LogP contribution in [0.1, 0.15) is 26.3 Å². The summed E-state index contributed by atoms with van der Waals surface area (Å²) in [5, 5.41) is 10.4. The first-order valence-corrected chi connectivity index (χ1v) is 5.36. The fourth-order valence-corrected chi connectivity index (χ4v) is 1.43. The number of nitrogens with zero attached hydrogens (tertiary/aromatic N) is 1. The SMILES string of the molecule is CC(C)C(C)(O)c1cccc(N(C)C)c1. The Morgan fingerprint density at radius 2 is 1.87 bits per heavy atom. The van der Waals surface area contributed by atoms with Crippen molar-refractivity contribution in [2.75, 3.05) is 19.0 Å². The van der Waals surface area contributed by atoms with E-state index in [1.54, 1.807) is 0 Å². The predicted octanol–water partition coefficient (Wildman–Crippen LogP) is 2.62. The average molecular weight is 207 g/mol. The van der Waals surface area contributed by atoms with Crippen LogP contribution in [0.25, 0.3) is 0 Å². The summed E-state index contributed by atoms with van der Waals surface area (Å²) in [5.74, 6) is 0.204. The van der Waals surface area contributed by atoms with Gasteiger partial charge in [-0.1, -0.05) is 26.0 Å². The molecule has 84 valence electrons. The predicted molar refractivity (Wildman–Crippen MR) is 65.2 cm³/mol. The molecule has 0 amide bonds. The molecule has 0 saturated heterocycles. The smallest absolute Gasteiger partial charge is 0.0892 e. The fourth-order valence-electron chi connectivity index (χ4n) is 1.43. The van der Waals surface area contributed by atoms with Crippen LogP contribution >= 0.6 is 0 Å². The molecule has 0 aliphatic rings. The highest BCUT2D eigenvalue weighted by Crippen LogP contribution is 2.30. The van der Waals surface area contributed by atoms with E-state index in [9.17, 15) is 5.11 Å². The molecule has 1 N–H and O–H groups in total. The molecule has 1 atom stereocenters. The minimum Gasteiger partial charge on any atom is -0.385 e. The first kappa shape index (κ1) is 12.1. The van der Waals surface area contributed by atoms with E-state index in [2.05, 4.69) is 0 Å². The Labute approximate surface area is 92.5 Å². The molecule has 0 aliphatic heterocycles. The zero-order valence-corrected chi connectivity index (χ0v) is 10.3. The zero-order valence-electron chi connectivity index (χ0n) is 10.3. The summed E-state index contributed by atoms with van der Waals surface area (Å²) >= 11 is 0. The van der Waals surface area contributed by atoms with Gasteiger partial charge in [0.2, 0.25) is 0 Å². The maximum Gasteiger partial charge on any atom is 0.0892 e. The first-order valence-electron chi connectivity index (χ1n) is 5.36. The van der Waals surface area contributed by atoms with Gasteiger partial charge in [-0.05, 0) is 30.5 Å². The largest absolute Gasteiger partial charge is 0.385 e. The Morgan fingerprint density at radius 3 is 2.33 bits per heavy atom. The van der Waals surface area contributed by atoms with Gasteiger partial charge < -0.3 is 10.0 Å². The van der Waals surface area contributed by atoms with E-state index >= 15 is 0 Å². The van der Waals surface area contributed by atoms with Crippen LogP contribution in [-0.2, 0) is 5.60 Å². The second-order valence-corrected chi connectivity index (χ2v) is 4.75. The molecule has 0 aromatic heterocycles. The number of rotatable bonds is 3. The molecule has 1 rings (SSSR count). The highest BCUT2D eigenvalue weighted by molar-refractivity contribution is 5.48. The van der Waals surface area contributed by atoms with Crippen molar-refractivity contribution in [2.24, 2.45) is 5.92 Å². The Morgan fingerprint density at radius 1 is 1.27 bits per heavy atom. The van der Waals surface area contributed by atoms with Crippen LogP contribution < -0.4 is 4.90 Å². The van der Waals surface area contributed by atoms with Crippen LogP contribution in [0.4, 0.5) is 5.69 Å². The van der Waals surface area contributed by atoms with Gasteiger partial charge in [0, 0.05) is 19.8 Å². The van der Waals surface area contributed by atoms with Crippen LogP contribution in [0.5, 0.6) is 0 Å². The number of hydrogen-bond acceptors (Lipinski definition) is 2. The lowest BCUT2D eigenvalue weighted by molar-refractivity contribution is 0.00909. The van der Waals surface area contributed by atoms with Crippen LogP contribution in [0.3, 0.4) is 0 Å². The van der Waals surface area contributed by atoms with Gasteiger partial charge in [0.15, 0.2) is 0 Å². The van der Waals surface area contributed by atoms with Crippen molar-refractivity contribution < 1.29 is 5.11 Å². The number of benzene rings is 1. The van der Waals surface area contributed by atoms with Crippen LogP contribution in [0, 0.1) is 5.92 Å². The van der Waals surface area contributed by atoms with Crippen molar-refractivity contribution in [3.05, 3.63) is 29.8 Å². The van der Waals surface area contributed by atoms with Gasteiger partial charge in [-0.2, -0.15) is 0 Å². The molecule has 0 fully saturated rings.